The van der Waals surface area contributed by atoms with Gasteiger partial charge in [-0.25, -0.2) is 0 Å². The summed E-state index contributed by atoms with van der Waals surface area (Å²) in [6, 6.07) is 0. The van der Waals surface area contributed by atoms with Crippen molar-refractivity contribution in [3.05, 3.63) is 12.2 Å². The Morgan fingerprint density at radius 2 is 2.00 bits per heavy atom. The van der Waals surface area contributed by atoms with Crippen molar-refractivity contribution >= 4 is 7.64 Å². The van der Waals surface area contributed by atoms with E-state index in [0.717, 1.165) is 5.57 Å². The molecule has 0 amide bonds. The van der Waals surface area contributed by atoms with E-state index in [4.69, 9.17) is 7.64 Å². The molecular weight excluding hydrogens is 109 g/mol. The van der Waals surface area contributed by atoms with Crippen molar-refractivity contribution in [1.82, 2.24) is 0 Å². The topological polar surface area (TPSA) is 12.4 Å². The van der Waals surface area contributed by atoms with E-state index in [1.54, 1.807) is 0 Å². The van der Waals surface area contributed by atoms with Crippen molar-refractivity contribution in [2.75, 3.05) is 6.54 Å². The average Bonchev–Trinajstić information content (AvgIpc) is 1.64. The van der Waals surface area contributed by atoms with Gasteiger partial charge in [0, 0.05) is 0 Å². The van der Waals surface area contributed by atoms with E-state index in [1.165, 1.54) is 0 Å². The van der Waals surface area contributed by atoms with Gasteiger partial charge in [0.2, 0.25) is 0 Å². The van der Waals surface area contributed by atoms with Crippen LogP contribution in [-0.4, -0.2) is 14.2 Å². The van der Waals surface area contributed by atoms with Gasteiger partial charge in [0.15, 0.2) is 0 Å². The number of hydrogen-bond acceptors (Lipinski definition) is 1. The van der Waals surface area contributed by atoms with Crippen molar-refractivity contribution in [3.63, 3.8) is 0 Å². The predicted molar refractivity (Wildman–Crippen MR) is 41.6 cm³/mol. The van der Waals surface area contributed by atoms with E-state index in [9.17, 15) is 0 Å². The Kier molecular flexibility index (Phi) is 2.82. The van der Waals surface area contributed by atoms with Gasteiger partial charge in [-0.3, -0.25) is 0 Å². The van der Waals surface area contributed by atoms with Gasteiger partial charge >= 0.3 is 57.4 Å². The van der Waals surface area contributed by atoms with Gasteiger partial charge in [0.1, 0.15) is 0 Å². The molecule has 0 bridgehead atoms. The molecule has 0 atom stereocenters. The molecule has 0 aliphatic carbocycles. The molecule has 0 aromatic carbocycles. The van der Waals surface area contributed by atoms with Gasteiger partial charge in [0.05, 0.1) is 0 Å². The van der Waals surface area contributed by atoms with Crippen LogP contribution in [-0.2, 0) is 0 Å². The van der Waals surface area contributed by atoms with E-state index in [2.05, 4.69) is 32.2 Å². The Labute approximate surface area is 58.3 Å². The van der Waals surface area contributed by atoms with Crippen molar-refractivity contribution < 1.29 is 0 Å². The quantitative estimate of drug-likeness (QED) is 0.392. The van der Waals surface area contributed by atoms with Gasteiger partial charge in [-0.1, -0.05) is 0 Å². The SMILES string of the molecule is [B]=NCC(=C)C(C)(C)C. The Hall–Kier alpha value is -0.395. The van der Waals surface area contributed by atoms with Crippen LogP contribution in [0.2, 0.25) is 0 Å². The van der Waals surface area contributed by atoms with Gasteiger partial charge in [0.25, 0.3) is 0 Å². The standard InChI is InChI=1S/C7H13BN/c1-6(5-9-8)7(2,3)4/h1,5H2,2-4H3. The Balaban J connectivity index is 3.88. The Morgan fingerprint density at radius 1 is 1.56 bits per heavy atom. The first-order valence-corrected chi connectivity index (χ1v) is 3.03. The van der Waals surface area contributed by atoms with Crippen LogP contribution < -0.4 is 0 Å². The summed E-state index contributed by atoms with van der Waals surface area (Å²) < 4.78 is 0. The molecule has 0 aromatic rings. The second kappa shape index (κ2) is 2.95. The van der Waals surface area contributed by atoms with Crippen LogP contribution in [0.5, 0.6) is 0 Å². The molecule has 0 rings (SSSR count). The molecule has 49 valence electrons. The van der Waals surface area contributed by atoms with Crippen LogP contribution in [0.1, 0.15) is 20.8 Å². The Morgan fingerprint density at radius 3 is 2.11 bits per heavy atom. The first kappa shape index (κ1) is 8.60. The average molecular weight is 122 g/mol. The molecule has 0 spiro atoms. The molecule has 1 radical (unpaired) electrons. The van der Waals surface area contributed by atoms with Gasteiger partial charge in [-0.15, -0.1) is 0 Å². The fourth-order valence-corrected chi connectivity index (χ4v) is 0.347. The van der Waals surface area contributed by atoms with Crippen LogP contribution >= 0.6 is 0 Å². The third-order valence-corrected chi connectivity index (χ3v) is 1.34. The molecule has 0 saturated carbocycles. The molecule has 0 aliphatic heterocycles. The second-order valence-corrected chi connectivity index (χ2v) is 3.19. The predicted octanol–water partition coefficient (Wildman–Crippen LogP) is 1.94. The minimum absolute atomic E-state index is 0.142. The molecule has 0 unspecified atom stereocenters. The van der Waals surface area contributed by atoms with E-state index < -0.39 is 0 Å². The van der Waals surface area contributed by atoms with Crippen molar-refractivity contribution in [1.29, 1.82) is 0 Å². The number of rotatable bonds is 2. The zero-order valence-electron chi connectivity index (χ0n) is 6.44. The molecule has 0 N–H and O–H groups in total. The molecule has 0 heterocycles. The fraction of sp³-hybridized carbons (Fsp3) is 0.714. The molecular formula is C7H13BN. The summed E-state index contributed by atoms with van der Waals surface area (Å²) in [4.78, 5) is 3.50. The Bertz CT molecular complexity index is 121. The monoisotopic (exact) mass is 122 g/mol. The minimum atomic E-state index is 0.142. The third kappa shape index (κ3) is 3.23. The van der Waals surface area contributed by atoms with Gasteiger partial charge in [-0.05, 0) is 0 Å². The molecule has 9 heavy (non-hydrogen) atoms. The number of hydrogen-bond donors (Lipinski definition) is 0. The van der Waals surface area contributed by atoms with E-state index >= 15 is 0 Å². The summed E-state index contributed by atoms with van der Waals surface area (Å²) in [5.74, 6) is 0. The molecule has 0 aliphatic rings. The van der Waals surface area contributed by atoms with Crippen LogP contribution in [0, 0.1) is 5.41 Å². The molecule has 0 saturated heterocycles. The zero-order valence-corrected chi connectivity index (χ0v) is 6.44. The first-order valence-electron chi connectivity index (χ1n) is 3.03. The van der Waals surface area contributed by atoms with Crippen molar-refractivity contribution in [3.8, 4) is 0 Å². The fourth-order valence-electron chi connectivity index (χ4n) is 0.347. The molecule has 1 nitrogen and oxygen atoms in total. The van der Waals surface area contributed by atoms with Crippen LogP contribution in [0.15, 0.2) is 17.0 Å². The second-order valence-electron chi connectivity index (χ2n) is 3.19. The normalized spacial score (nSPS) is 10.9. The molecule has 0 aromatic heterocycles. The summed E-state index contributed by atoms with van der Waals surface area (Å²) in [7, 11) is 4.99. The van der Waals surface area contributed by atoms with Crippen LogP contribution in [0.25, 0.3) is 0 Å². The summed E-state index contributed by atoms with van der Waals surface area (Å²) in [5, 5.41) is 0. The number of nitrogens with zero attached hydrogens (tertiary/aromatic N) is 1. The summed E-state index contributed by atoms with van der Waals surface area (Å²) in [5.41, 5.74) is 1.22. The van der Waals surface area contributed by atoms with E-state index in [1.807, 2.05) is 0 Å². The van der Waals surface area contributed by atoms with Crippen molar-refractivity contribution in [2.24, 2.45) is 10.3 Å². The van der Waals surface area contributed by atoms with Crippen molar-refractivity contribution in [2.45, 2.75) is 20.8 Å². The zero-order chi connectivity index (χ0) is 7.49. The summed E-state index contributed by atoms with van der Waals surface area (Å²) >= 11 is 0. The van der Waals surface area contributed by atoms with Crippen LogP contribution in [0.4, 0.5) is 0 Å². The van der Waals surface area contributed by atoms with E-state index in [-0.39, 0.29) is 5.41 Å². The molecule has 2 heteroatoms. The summed E-state index contributed by atoms with van der Waals surface area (Å²) in [6.45, 7) is 10.7. The molecule has 0 fully saturated rings. The maximum atomic E-state index is 4.99. The maximum absolute atomic E-state index is 4.99. The van der Waals surface area contributed by atoms with Crippen LogP contribution in [0.3, 0.4) is 0 Å². The summed E-state index contributed by atoms with van der Waals surface area (Å²) in [6.07, 6.45) is 0. The van der Waals surface area contributed by atoms with Gasteiger partial charge < -0.3 is 0 Å². The first-order chi connectivity index (χ1) is 3.98. The third-order valence-electron chi connectivity index (χ3n) is 1.34. The van der Waals surface area contributed by atoms with E-state index in [0.29, 0.717) is 6.54 Å². The van der Waals surface area contributed by atoms with Gasteiger partial charge in [-0.2, -0.15) is 0 Å².